The SMILES string of the molecule is COc1ccccc1N1CCN(S(=O)(=O)c2ccc(NC(=O)CC(C)(C)C)cc2)CC1. The summed E-state index contributed by atoms with van der Waals surface area (Å²) < 4.78 is 33.1. The summed E-state index contributed by atoms with van der Waals surface area (Å²) in [6.45, 7) is 7.94. The summed E-state index contributed by atoms with van der Waals surface area (Å²) in [5.41, 5.74) is 1.45. The monoisotopic (exact) mass is 445 g/mol. The number of para-hydroxylation sites is 2. The largest absolute Gasteiger partial charge is 0.495 e. The Hall–Kier alpha value is -2.58. The van der Waals surface area contributed by atoms with Gasteiger partial charge in [0.15, 0.2) is 0 Å². The highest BCUT2D eigenvalue weighted by Crippen LogP contribution is 2.29. The number of methoxy groups -OCH3 is 1. The third-order valence-corrected chi connectivity index (χ3v) is 7.04. The van der Waals surface area contributed by atoms with E-state index in [0.29, 0.717) is 38.3 Å². The van der Waals surface area contributed by atoms with E-state index in [1.54, 1.807) is 31.4 Å². The molecular weight excluding hydrogens is 414 g/mol. The lowest BCUT2D eigenvalue weighted by Gasteiger charge is -2.35. The van der Waals surface area contributed by atoms with Crippen LogP contribution in [0, 0.1) is 5.41 Å². The highest BCUT2D eigenvalue weighted by Gasteiger charge is 2.29. The normalized spacial score (nSPS) is 15.5. The Morgan fingerprint density at radius 3 is 2.19 bits per heavy atom. The first-order chi connectivity index (χ1) is 14.6. The number of rotatable bonds is 6. The number of carbonyl (C=O) groups is 1. The fourth-order valence-electron chi connectivity index (χ4n) is 3.61. The van der Waals surface area contributed by atoms with Crippen LogP contribution in [0.5, 0.6) is 5.75 Å². The van der Waals surface area contributed by atoms with Crippen LogP contribution in [0.2, 0.25) is 0 Å². The smallest absolute Gasteiger partial charge is 0.243 e. The standard InChI is InChI=1S/C23H31N3O4S/c1-23(2,3)17-22(27)24-18-9-11-19(12-10-18)31(28,29)26-15-13-25(14-16-26)20-7-5-6-8-21(20)30-4/h5-12H,13-17H2,1-4H3,(H,24,27). The van der Waals surface area contributed by atoms with Crippen LogP contribution in [0.15, 0.2) is 53.4 Å². The van der Waals surface area contributed by atoms with E-state index in [9.17, 15) is 13.2 Å². The van der Waals surface area contributed by atoms with E-state index in [0.717, 1.165) is 11.4 Å². The van der Waals surface area contributed by atoms with Crippen LogP contribution in [-0.2, 0) is 14.8 Å². The van der Waals surface area contributed by atoms with E-state index in [1.165, 1.54) is 4.31 Å². The van der Waals surface area contributed by atoms with Gasteiger partial charge in [-0.25, -0.2) is 8.42 Å². The quantitative estimate of drug-likeness (QED) is 0.735. The van der Waals surface area contributed by atoms with Crippen molar-refractivity contribution in [2.45, 2.75) is 32.1 Å². The van der Waals surface area contributed by atoms with Crippen molar-refractivity contribution in [3.05, 3.63) is 48.5 Å². The van der Waals surface area contributed by atoms with E-state index < -0.39 is 10.0 Å². The van der Waals surface area contributed by atoms with Gasteiger partial charge < -0.3 is 15.0 Å². The molecule has 1 fully saturated rings. The molecule has 0 spiro atoms. The lowest BCUT2D eigenvalue weighted by Crippen LogP contribution is -2.48. The number of ether oxygens (including phenoxy) is 1. The zero-order valence-electron chi connectivity index (χ0n) is 18.6. The number of nitrogens with zero attached hydrogens (tertiary/aromatic N) is 2. The van der Waals surface area contributed by atoms with Gasteiger partial charge >= 0.3 is 0 Å². The maximum atomic E-state index is 13.1. The molecule has 1 saturated heterocycles. The van der Waals surface area contributed by atoms with Gasteiger partial charge in [0.25, 0.3) is 0 Å². The minimum absolute atomic E-state index is 0.0874. The number of sulfonamides is 1. The molecule has 0 aliphatic carbocycles. The molecule has 0 unspecified atom stereocenters. The lowest BCUT2D eigenvalue weighted by atomic mass is 9.92. The predicted octanol–water partition coefficient (Wildman–Crippen LogP) is 3.58. The molecule has 7 nitrogen and oxygen atoms in total. The zero-order chi connectivity index (χ0) is 22.6. The predicted molar refractivity (Wildman–Crippen MR) is 123 cm³/mol. The molecule has 0 saturated carbocycles. The molecule has 168 valence electrons. The van der Waals surface area contributed by atoms with E-state index in [-0.39, 0.29) is 16.2 Å². The third-order valence-electron chi connectivity index (χ3n) is 5.13. The Morgan fingerprint density at radius 1 is 1.00 bits per heavy atom. The molecule has 1 aliphatic heterocycles. The van der Waals surface area contributed by atoms with Crippen molar-refractivity contribution in [1.29, 1.82) is 0 Å². The van der Waals surface area contributed by atoms with Gasteiger partial charge in [-0.1, -0.05) is 32.9 Å². The molecule has 3 rings (SSSR count). The Kier molecular flexibility index (Phi) is 6.91. The molecule has 2 aromatic rings. The number of carbonyl (C=O) groups excluding carboxylic acids is 1. The van der Waals surface area contributed by atoms with E-state index >= 15 is 0 Å². The molecule has 1 N–H and O–H groups in total. The molecule has 2 aromatic carbocycles. The molecule has 1 heterocycles. The van der Waals surface area contributed by atoms with Crippen LogP contribution in [0.3, 0.4) is 0 Å². The van der Waals surface area contributed by atoms with Crippen LogP contribution in [0.1, 0.15) is 27.2 Å². The van der Waals surface area contributed by atoms with Crippen molar-refractivity contribution in [2.75, 3.05) is 43.5 Å². The maximum Gasteiger partial charge on any atom is 0.243 e. The highest BCUT2D eigenvalue weighted by molar-refractivity contribution is 7.89. The summed E-state index contributed by atoms with van der Waals surface area (Å²) in [6.07, 6.45) is 0.392. The molecule has 0 radical (unpaired) electrons. The first-order valence-electron chi connectivity index (χ1n) is 10.4. The van der Waals surface area contributed by atoms with Gasteiger partial charge in [-0.3, -0.25) is 4.79 Å². The molecule has 1 amide bonds. The number of hydrogen-bond donors (Lipinski definition) is 1. The van der Waals surface area contributed by atoms with Gasteiger partial charge in [0.2, 0.25) is 15.9 Å². The highest BCUT2D eigenvalue weighted by atomic mass is 32.2. The number of nitrogens with one attached hydrogen (secondary N) is 1. The minimum atomic E-state index is -3.59. The second-order valence-corrected chi connectivity index (χ2v) is 10.8. The van der Waals surface area contributed by atoms with Crippen LogP contribution >= 0.6 is 0 Å². The Bertz CT molecular complexity index is 1010. The van der Waals surface area contributed by atoms with Crippen LogP contribution in [0.4, 0.5) is 11.4 Å². The van der Waals surface area contributed by atoms with Crippen molar-refractivity contribution < 1.29 is 17.9 Å². The van der Waals surface area contributed by atoms with Crippen molar-refractivity contribution in [3.8, 4) is 5.75 Å². The molecule has 0 aromatic heterocycles. The molecule has 0 atom stereocenters. The Morgan fingerprint density at radius 2 is 1.61 bits per heavy atom. The second-order valence-electron chi connectivity index (χ2n) is 8.87. The summed E-state index contributed by atoms with van der Waals surface area (Å²) in [6, 6.07) is 14.1. The summed E-state index contributed by atoms with van der Waals surface area (Å²) in [7, 11) is -1.96. The van der Waals surface area contributed by atoms with Gasteiger partial charge in [0.1, 0.15) is 5.75 Å². The van der Waals surface area contributed by atoms with E-state index in [4.69, 9.17) is 4.74 Å². The Labute approximate surface area is 185 Å². The van der Waals surface area contributed by atoms with Crippen LogP contribution in [-0.4, -0.2) is 51.9 Å². The molecule has 0 bridgehead atoms. The number of anilines is 2. The second kappa shape index (κ2) is 9.28. The third kappa shape index (κ3) is 5.77. The summed E-state index contributed by atoms with van der Waals surface area (Å²) in [4.78, 5) is 14.5. The number of piperazine rings is 1. The minimum Gasteiger partial charge on any atom is -0.495 e. The average molecular weight is 446 g/mol. The number of amides is 1. The van der Waals surface area contributed by atoms with E-state index in [2.05, 4.69) is 10.2 Å². The first kappa shape index (κ1) is 23.1. The maximum absolute atomic E-state index is 13.1. The van der Waals surface area contributed by atoms with Crippen molar-refractivity contribution in [3.63, 3.8) is 0 Å². The summed E-state index contributed by atoms with van der Waals surface area (Å²) >= 11 is 0. The van der Waals surface area contributed by atoms with Crippen LogP contribution < -0.4 is 15.0 Å². The summed E-state index contributed by atoms with van der Waals surface area (Å²) in [5.74, 6) is 0.693. The van der Waals surface area contributed by atoms with Crippen molar-refractivity contribution >= 4 is 27.3 Å². The molecule has 8 heteroatoms. The zero-order valence-corrected chi connectivity index (χ0v) is 19.4. The topological polar surface area (TPSA) is 79.0 Å². The fraction of sp³-hybridized carbons (Fsp3) is 0.435. The molecule has 1 aliphatic rings. The van der Waals surface area contributed by atoms with Gasteiger partial charge in [-0.05, 0) is 41.8 Å². The van der Waals surface area contributed by atoms with Gasteiger partial charge in [0, 0.05) is 38.3 Å². The van der Waals surface area contributed by atoms with Gasteiger partial charge in [-0.15, -0.1) is 0 Å². The fourth-order valence-corrected chi connectivity index (χ4v) is 5.03. The molecular formula is C23H31N3O4S. The van der Waals surface area contributed by atoms with Gasteiger partial charge in [0.05, 0.1) is 17.7 Å². The molecule has 31 heavy (non-hydrogen) atoms. The van der Waals surface area contributed by atoms with Gasteiger partial charge in [-0.2, -0.15) is 4.31 Å². The lowest BCUT2D eigenvalue weighted by molar-refractivity contribution is -0.117. The van der Waals surface area contributed by atoms with Crippen molar-refractivity contribution in [1.82, 2.24) is 4.31 Å². The first-order valence-corrected chi connectivity index (χ1v) is 11.8. The van der Waals surface area contributed by atoms with E-state index in [1.807, 2.05) is 45.0 Å². The number of benzene rings is 2. The van der Waals surface area contributed by atoms with Crippen molar-refractivity contribution in [2.24, 2.45) is 5.41 Å². The Balaban J connectivity index is 1.64. The van der Waals surface area contributed by atoms with Crippen LogP contribution in [0.25, 0.3) is 0 Å². The number of hydrogen-bond acceptors (Lipinski definition) is 5. The summed E-state index contributed by atoms with van der Waals surface area (Å²) in [5, 5.41) is 2.83. The average Bonchev–Trinajstić information content (AvgIpc) is 2.73.